The quantitative estimate of drug-likeness (QED) is 0.903. The summed E-state index contributed by atoms with van der Waals surface area (Å²) in [6.07, 6.45) is 1.52. The lowest BCUT2D eigenvalue weighted by atomic mass is 9.78. The Labute approximate surface area is 136 Å². The Morgan fingerprint density at radius 1 is 1.27 bits per heavy atom. The van der Waals surface area contributed by atoms with E-state index in [0.717, 1.165) is 45.6 Å². The molecule has 22 heavy (non-hydrogen) atoms. The number of nitrogens with zero attached hydrogens (tertiary/aromatic N) is 2. The van der Waals surface area contributed by atoms with Crippen molar-refractivity contribution in [2.24, 2.45) is 11.1 Å². The van der Waals surface area contributed by atoms with Crippen molar-refractivity contribution in [3.8, 4) is 0 Å². The maximum atomic E-state index is 12.9. The third-order valence-corrected chi connectivity index (χ3v) is 5.77. The average Bonchev–Trinajstić information content (AvgIpc) is 3.08. The molecule has 6 heteroatoms. The molecule has 3 rings (SSSR count). The van der Waals surface area contributed by atoms with E-state index in [9.17, 15) is 4.79 Å². The van der Waals surface area contributed by atoms with Gasteiger partial charge < -0.3 is 15.4 Å². The fraction of sp³-hybridized carbons (Fsp3) is 0.688. The summed E-state index contributed by atoms with van der Waals surface area (Å²) in [6.45, 7) is 6.25. The molecule has 2 saturated heterocycles. The van der Waals surface area contributed by atoms with Crippen molar-refractivity contribution in [1.82, 2.24) is 9.80 Å². The number of piperazine rings is 1. The van der Waals surface area contributed by atoms with E-state index in [1.54, 1.807) is 11.3 Å². The summed E-state index contributed by atoms with van der Waals surface area (Å²) >= 11 is 1.80. The topological polar surface area (TPSA) is 58.8 Å². The van der Waals surface area contributed by atoms with Crippen LogP contribution in [0.15, 0.2) is 17.5 Å². The Kier molecular flexibility index (Phi) is 5.13. The molecule has 0 aliphatic carbocycles. The second kappa shape index (κ2) is 7.08. The first-order valence-corrected chi connectivity index (χ1v) is 8.93. The van der Waals surface area contributed by atoms with Gasteiger partial charge in [-0.25, -0.2) is 0 Å². The van der Waals surface area contributed by atoms with Crippen LogP contribution in [0, 0.1) is 5.41 Å². The number of amides is 1. The number of ether oxygens (including phenoxy) is 1. The molecule has 0 bridgehead atoms. The van der Waals surface area contributed by atoms with Gasteiger partial charge in [-0.05, 0) is 24.3 Å². The number of carbonyl (C=O) groups excluding carboxylic acids is 1. The standard InChI is InChI=1S/C16H25N3O2S/c17-13-16(3-9-21-10-4-16)15(20)19-7-5-18(6-8-19)12-14-2-1-11-22-14/h1-2,11H,3-10,12-13,17H2. The second-order valence-electron chi connectivity index (χ2n) is 6.24. The van der Waals surface area contributed by atoms with Crippen molar-refractivity contribution in [1.29, 1.82) is 0 Å². The molecule has 0 atom stereocenters. The van der Waals surface area contributed by atoms with E-state index in [-0.39, 0.29) is 11.3 Å². The normalized spacial score (nSPS) is 22.7. The summed E-state index contributed by atoms with van der Waals surface area (Å²) < 4.78 is 5.41. The zero-order chi connectivity index (χ0) is 15.4. The average molecular weight is 323 g/mol. The lowest BCUT2D eigenvalue weighted by Gasteiger charge is -2.42. The van der Waals surface area contributed by atoms with Gasteiger partial charge in [0, 0.05) is 57.4 Å². The molecule has 1 aromatic heterocycles. The smallest absolute Gasteiger partial charge is 0.230 e. The van der Waals surface area contributed by atoms with Crippen molar-refractivity contribution in [3.63, 3.8) is 0 Å². The summed E-state index contributed by atoms with van der Waals surface area (Å²) in [4.78, 5) is 18.7. The van der Waals surface area contributed by atoms with Crippen molar-refractivity contribution in [2.45, 2.75) is 19.4 Å². The van der Waals surface area contributed by atoms with Crippen LogP contribution in [0.4, 0.5) is 0 Å². The molecule has 2 fully saturated rings. The van der Waals surface area contributed by atoms with Crippen LogP contribution in [0.3, 0.4) is 0 Å². The molecule has 2 N–H and O–H groups in total. The zero-order valence-electron chi connectivity index (χ0n) is 13.0. The van der Waals surface area contributed by atoms with Gasteiger partial charge in [0.1, 0.15) is 0 Å². The minimum atomic E-state index is -0.381. The molecule has 1 amide bonds. The van der Waals surface area contributed by atoms with Gasteiger partial charge in [0.15, 0.2) is 0 Å². The minimum absolute atomic E-state index is 0.245. The molecule has 0 spiro atoms. The van der Waals surface area contributed by atoms with Gasteiger partial charge in [0.05, 0.1) is 5.41 Å². The Bertz CT molecular complexity index is 478. The largest absolute Gasteiger partial charge is 0.381 e. The van der Waals surface area contributed by atoms with Crippen molar-refractivity contribution in [2.75, 3.05) is 45.9 Å². The molecule has 0 saturated carbocycles. The van der Waals surface area contributed by atoms with Crippen LogP contribution in [0.1, 0.15) is 17.7 Å². The molecule has 2 aliphatic heterocycles. The highest BCUT2D eigenvalue weighted by atomic mass is 32.1. The molecular weight excluding hydrogens is 298 g/mol. The number of nitrogens with two attached hydrogens (primary N) is 1. The molecule has 1 aromatic rings. The Balaban J connectivity index is 1.55. The van der Waals surface area contributed by atoms with E-state index in [0.29, 0.717) is 19.8 Å². The first-order chi connectivity index (χ1) is 10.7. The van der Waals surface area contributed by atoms with Gasteiger partial charge in [-0.3, -0.25) is 9.69 Å². The second-order valence-corrected chi connectivity index (χ2v) is 7.28. The first-order valence-electron chi connectivity index (χ1n) is 8.05. The van der Waals surface area contributed by atoms with Gasteiger partial charge in [-0.15, -0.1) is 11.3 Å². The summed E-state index contributed by atoms with van der Waals surface area (Å²) in [6, 6.07) is 4.27. The highest BCUT2D eigenvalue weighted by molar-refractivity contribution is 7.09. The molecular formula is C16H25N3O2S. The van der Waals surface area contributed by atoms with Crippen molar-refractivity contribution in [3.05, 3.63) is 22.4 Å². The van der Waals surface area contributed by atoms with E-state index in [2.05, 4.69) is 22.4 Å². The Morgan fingerprint density at radius 3 is 2.59 bits per heavy atom. The van der Waals surface area contributed by atoms with Gasteiger partial charge in [-0.1, -0.05) is 6.07 Å². The summed E-state index contributed by atoms with van der Waals surface area (Å²) in [5.74, 6) is 0.245. The Hall–Kier alpha value is -0.950. The molecule has 122 valence electrons. The summed E-state index contributed by atoms with van der Waals surface area (Å²) in [7, 11) is 0. The lowest BCUT2D eigenvalue weighted by molar-refractivity contribution is -0.149. The van der Waals surface area contributed by atoms with Gasteiger partial charge >= 0.3 is 0 Å². The number of hydrogen-bond donors (Lipinski definition) is 1. The molecule has 0 aromatic carbocycles. The molecule has 5 nitrogen and oxygen atoms in total. The predicted molar refractivity (Wildman–Crippen MR) is 87.7 cm³/mol. The molecule has 3 heterocycles. The number of carbonyl (C=O) groups is 1. The monoisotopic (exact) mass is 323 g/mol. The zero-order valence-corrected chi connectivity index (χ0v) is 13.8. The number of hydrogen-bond acceptors (Lipinski definition) is 5. The summed E-state index contributed by atoms with van der Waals surface area (Å²) in [5.41, 5.74) is 5.57. The number of thiophene rings is 1. The fourth-order valence-corrected chi connectivity index (χ4v) is 4.08. The molecule has 0 radical (unpaired) electrons. The van der Waals surface area contributed by atoms with E-state index in [1.165, 1.54) is 4.88 Å². The minimum Gasteiger partial charge on any atom is -0.381 e. The van der Waals surface area contributed by atoms with Crippen LogP contribution in [-0.2, 0) is 16.1 Å². The van der Waals surface area contributed by atoms with Crippen LogP contribution in [0.25, 0.3) is 0 Å². The highest BCUT2D eigenvalue weighted by Crippen LogP contribution is 2.32. The van der Waals surface area contributed by atoms with Crippen LogP contribution in [0.5, 0.6) is 0 Å². The third-order valence-electron chi connectivity index (χ3n) is 4.91. The van der Waals surface area contributed by atoms with Crippen molar-refractivity contribution < 1.29 is 9.53 Å². The highest BCUT2D eigenvalue weighted by Gasteiger charge is 2.41. The van der Waals surface area contributed by atoms with E-state index < -0.39 is 0 Å². The lowest BCUT2D eigenvalue weighted by Crippen LogP contribution is -2.56. The number of rotatable bonds is 4. The van der Waals surface area contributed by atoms with Crippen LogP contribution < -0.4 is 5.73 Å². The van der Waals surface area contributed by atoms with Gasteiger partial charge in [0.25, 0.3) is 0 Å². The van der Waals surface area contributed by atoms with Crippen LogP contribution in [0.2, 0.25) is 0 Å². The third kappa shape index (κ3) is 3.35. The maximum absolute atomic E-state index is 12.9. The fourth-order valence-electron chi connectivity index (χ4n) is 3.33. The van der Waals surface area contributed by atoms with E-state index in [4.69, 9.17) is 10.5 Å². The SMILES string of the molecule is NCC1(C(=O)N2CCN(Cc3cccs3)CC2)CCOCC1. The van der Waals surface area contributed by atoms with Crippen molar-refractivity contribution >= 4 is 17.2 Å². The van der Waals surface area contributed by atoms with Gasteiger partial charge in [-0.2, -0.15) is 0 Å². The first kappa shape index (κ1) is 15.9. The Morgan fingerprint density at radius 2 is 2.00 bits per heavy atom. The predicted octanol–water partition coefficient (Wildman–Crippen LogP) is 1.15. The van der Waals surface area contributed by atoms with E-state index in [1.807, 2.05) is 4.90 Å². The summed E-state index contributed by atoms with van der Waals surface area (Å²) in [5, 5.41) is 2.12. The maximum Gasteiger partial charge on any atom is 0.230 e. The molecule has 0 unspecified atom stereocenters. The van der Waals surface area contributed by atoms with Crippen LogP contribution >= 0.6 is 11.3 Å². The van der Waals surface area contributed by atoms with E-state index >= 15 is 0 Å². The van der Waals surface area contributed by atoms with Crippen LogP contribution in [-0.4, -0.2) is 61.6 Å². The molecule has 2 aliphatic rings. The van der Waals surface area contributed by atoms with Gasteiger partial charge in [0.2, 0.25) is 5.91 Å².